The molecular formula is C73H86F5N7O16S2. The maximum Gasteiger partial charge on any atom is 0.373 e. The summed E-state index contributed by atoms with van der Waals surface area (Å²) in [5.41, 5.74) is 3.55. The fourth-order valence-electron chi connectivity index (χ4n) is 10.5. The number of carboxylic acids is 2. The van der Waals surface area contributed by atoms with Gasteiger partial charge >= 0.3 is 24.2 Å². The first-order valence-corrected chi connectivity index (χ1v) is 35.1. The number of ether oxygens (including phenoxy) is 3. The Balaban J connectivity index is 0.000000325. The van der Waals surface area contributed by atoms with Crippen LogP contribution >= 0.6 is 0 Å². The number of sulfonamides is 1. The van der Waals surface area contributed by atoms with E-state index in [9.17, 15) is 59.3 Å². The minimum Gasteiger partial charge on any atom is -0.497 e. The number of halogens is 5. The molecule has 0 amide bonds. The number of carboxylic acid groups (broad SMARTS) is 2. The van der Waals surface area contributed by atoms with Crippen molar-refractivity contribution in [2.24, 2.45) is 10.8 Å². The lowest BCUT2D eigenvalue weighted by molar-refractivity contribution is -0.193. The van der Waals surface area contributed by atoms with Crippen molar-refractivity contribution >= 4 is 44.1 Å². The highest BCUT2D eigenvalue weighted by atomic mass is 32.2. The number of pyridine rings is 2. The van der Waals surface area contributed by atoms with Gasteiger partial charge in [0.25, 0.3) is 10.0 Å². The number of hydrogen-bond acceptors (Lipinski definition) is 18. The third kappa shape index (κ3) is 23.3. The Kier molecular flexibility index (Phi) is 29.8. The predicted molar refractivity (Wildman–Crippen MR) is 369 cm³/mol. The van der Waals surface area contributed by atoms with Crippen LogP contribution in [0.15, 0.2) is 120 Å². The van der Waals surface area contributed by atoms with Gasteiger partial charge in [0, 0.05) is 43.9 Å². The van der Waals surface area contributed by atoms with Gasteiger partial charge in [-0.25, -0.2) is 63.3 Å². The molecule has 0 atom stereocenters. The number of aromatic nitrogens is 6. The van der Waals surface area contributed by atoms with Gasteiger partial charge in [-0.15, -0.1) is 0 Å². The van der Waals surface area contributed by atoms with E-state index in [4.69, 9.17) is 33.4 Å². The van der Waals surface area contributed by atoms with Crippen LogP contribution in [-0.4, -0.2) is 124 Å². The highest BCUT2D eigenvalue weighted by molar-refractivity contribution is 7.90. The molecule has 23 nitrogen and oxygen atoms in total. The van der Waals surface area contributed by atoms with Crippen molar-refractivity contribution in [3.8, 4) is 39.6 Å². The highest BCUT2D eigenvalue weighted by Gasteiger charge is 2.40. The van der Waals surface area contributed by atoms with E-state index >= 15 is 4.39 Å². The molecule has 4 heterocycles. The standard InChI is InChI=1S/C28H35F2N3O5S.C24H28FN3O7S.C19H23F2N.2CO2/c1-16(2)19-12-18(29)13-20(21(19)14-27(3,4)5)17-9-10-31-22(11-17)38-15-28(6,7)33-24(26(34)35)23(30)25(32-33)39(8,36)37;1-24(2,15-29)28-21(23(30)31)20(25)22(26-28)36(32,33)27(13-16-5-9-18(34-3)10-6-16)14-17-7-11-19(35-4)12-8-17;1-12(2)15-9-14(20)10-16(17(15)11-19(3,4)5)13-6-7-22-18(21)8-13;2*2-1-3/h9-13,16H,14-15H2,1-8H3,(H,34,35);5-12,29H,13-15H2,1-4H3,(H,30,31);6-10,12H,11H2,1-5H3;;. The van der Waals surface area contributed by atoms with Gasteiger partial charge in [-0.05, 0) is 180 Å². The number of hydrogen-bond donors (Lipinski definition) is 3. The fraction of sp³-hybridized carbons (Fsp3) is 0.397. The van der Waals surface area contributed by atoms with Gasteiger partial charge in [-0.3, -0.25) is 0 Å². The van der Waals surface area contributed by atoms with E-state index in [0.29, 0.717) is 44.9 Å². The normalized spacial score (nSPS) is 11.7. The van der Waals surface area contributed by atoms with Crippen LogP contribution in [0.25, 0.3) is 22.3 Å². The Morgan fingerprint density at radius 3 is 1.30 bits per heavy atom. The van der Waals surface area contributed by atoms with Crippen LogP contribution in [0.3, 0.4) is 0 Å². The molecule has 8 rings (SSSR count). The lowest BCUT2D eigenvalue weighted by Crippen LogP contribution is -2.37. The molecule has 0 saturated heterocycles. The number of benzene rings is 4. The fourth-order valence-corrected chi connectivity index (χ4v) is 12.6. The third-order valence-electron chi connectivity index (χ3n) is 15.3. The molecule has 0 bridgehead atoms. The zero-order valence-corrected chi connectivity index (χ0v) is 61.9. The van der Waals surface area contributed by atoms with Crippen molar-refractivity contribution in [3.63, 3.8) is 0 Å². The van der Waals surface area contributed by atoms with E-state index < -0.39 is 88.5 Å². The Morgan fingerprint density at radius 1 is 0.563 bits per heavy atom. The molecule has 4 aromatic heterocycles. The second-order valence-electron chi connectivity index (χ2n) is 27.9. The van der Waals surface area contributed by atoms with E-state index in [1.165, 1.54) is 72.5 Å². The minimum atomic E-state index is -4.64. The number of nitrogens with zero attached hydrogens (tertiary/aromatic N) is 7. The molecule has 0 fully saturated rings. The lowest BCUT2D eigenvalue weighted by atomic mass is 9.80. The van der Waals surface area contributed by atoms with Crippen LogP contribution in [0.2, 0.25) is 0 Å². The van der Waals surface area contributed by atoms with Crippen molar-refractivity contribution in [1.29, 1.82) is 0 Å². The molecule has 0 unspecified atom stereocenters. The molecule has 0 aliphatic carbocycles. The van der Waals surface area contributed by atoms with Crippen molar-refractivity contribution < 1.29 is 97.1 Å². The molecule has 3 N–H and O–H groups in total. The Labute approximate surface area is 595 Å². The number of carbonyl (C=O) groups is 2. The van der Waals surface area contributed by atoms with Crippen LogP contribution in [-0.2, 0) is 76.0 Å². The Bertz CT molecular complexity index is 4510. The van der Waals surface area contributed by atoms with Gasteiger partial charge < -0.3 is 29.5 Å². The topological polar surface area (TPSA) is 324 Å². The summed E-state index contributed by atoms with van der Waals surface area (Å²) in [5, 5.41) is 34.4. The summed E-state index contributed by atoms with van der Waals surface area (Å²) in [6.07, 6.45) is 5.72. The number of carbonyl (C=O) groups excluding carboxylic acids is 4. The molecule has 8 aromatic rings. The number of aliphatic hydroxyl groups is 1. The monoisotopic (exact) mass is 1480 g/mol. The summed E-state index contributed by atoms with van der Waals surface area (Å²) in [4.78, 5) is 63.9. The molecule has 0 aliphatic rings. The summed E-state index contributed by atoms with van der Waals surface area (Å²) >= 11 is 0. The maximum atomic E-state index is 15.4. The molecule has 0 radical (unpaired) electrons. The second-order valence-corrected chi connectivity index (χ2v) is 31.7. The first-order chi connectivity index (χ1) is 47.8. The number of aliphatic hydroxyl groups excluding tert-OH is 1. The van der Waals surface area contributed by atoms with Gasteiger partial charge in [-0.2, -0.15) is 38.1 Å². The van der Waals surface area contributed by atoms with Crippen LogP contribution in [0.4, 0.5) is 22.0 Å². The van der Waals surface area contributed by atoms with Gasteiger partial charge in [0.05, 0.1) is 31.9 Å². The van der Waals surface area contributed by atoms with Gasteiger partial charge in [-0.1, -0.05) is 93.5 Å². The number of sulfone groups is 1. The molecule has 0 saturated carbocycles. The smallest absolute Gasteiger partial charge is 0.373 e. The molecular weight excluding hydrogens is 1390 g/mol. The summed E-state index contributed by atoms with van der Waals surface area (Å²) in [6.45, 7) is 25.7. The first kappa shape index (κ1) is 85.6. The molecule has 103 heavy (non-hydrogen) atoms. The van der Waals surface area contributed by atoms with Crippen LogP contribution in [0.1, 0.15) is 163 Å². The van der Waals surface area contributed by atoms with Crippen molar-refractivity contribution in [3.05, 3.63) is 183 Å². The zero-order valence-electron chi connectivity index (χ0n) is 60.3. The first-order valence-electron chi connectivity index (χ1n) is 31.7. The Hall–Kier alpha value is -9.83. The second kappa shape index (κ2) is 35.9. The van der Waals surface area contributed by atoms with Crippen molar-refractivity contribution in [2.75, 3.05) is 33.7 Å². The lowest BCUT2D eigenvalue weighted by Gasteiger charge is -2.26. The summed E-state index contributed by atoms with van der Waals surface area (Å²) in [7, 11) is -5.76. The molecule has 4 aromatic carbocycles. The average Bonchev–Trinajstić information content (AvgIpc) is 1.65. The Morgan fingerprint density at radius 2 is 0.942 bits per heavy atom. The molecule has 0 aliphatic heterocycles. The van der Waals surface area contributed by atoms with E-state index in [0.717, 1.165) is 55.0 Å². The highest BCUT2D eigenvalue weighted by Crippen LogP contribution is 2.39. The average molecular weight is 1480 g/mol. The van der Waals surface area contributed by atoms with Gasteiger partial charge in [0.1, 0.15) is 29.7 Å². The predicted octanol–water partition coefficient (Wildman–Crippen LogP) is 13.3. The van der Waals surface area contributed by atoms with Gasteiger partial charge in [0.2, 0.25) is 21.9 Å². The quantitative estimate of drug-likeness (QED) is 0.0396. The van der Waals surface area contributed by atoms with E-state index in [1.54, 1.807) is 78.9 Å². The van der Waals surface area contributed by atoms with E-state index in [-0.39, 0.29) is 72.2 Å². The van der Waals surface area contributed by atoms with Crippen molar-refractivity contribution in [1.82, 2.24) is 33.8 Å². The summed E-state index contributed by atoms with van der Waals surface area (Å²) in [5.74, 6) is -5.86. The van der Waals surface area contributed by atoms with Crippen LogP contribution in [0.5, 0.6) is 17.4 Å². The van der Waals surface area contributed by atoms with Crippen LogP contribution in [0, 0.1) is 40.0 Å². The minimum absolute atomic E-state index is 0.0572. The van der Waals surface area contributed by atoms with Gasteiger partial charge in [0.15, 0.2) is 32.9 Å². The number of aromatic carboxylic acids is 2. The number of rotatable bonds is 23. The molecule has 0 spiro atoms. The largest absolute Gasteiger partial charge is 0.497 e. The maximum absolute atomic E-state index is 15.4. The zero-order chi connectivity index (χ0) is 78.1. The summed E-state index contributed by atoms with van der Waals surface area (Å²) in [6, 6.07) is 26.0. The van der Waals surface area contributed by atoms with E-state index in [2.05, 4.69) is 75.6 Å². The molecule has 30 heteroatoms. The number of methoxy groups -OCH3 is 2. The van der Waals surface area contributed by atoms with Crippen LogP contribution < -0.4 is 14.2 Å². The van der Waals surface area contributed by atoms with E-state index in [1.807, 2.05) is 13.8 Å². The van der Waals surface area contributed by atoms with Crippen molar-refractivity contribution in [2.45, 2.75) is 156 Å². The molecule has 556 valence electrons. The third-order valence-corrected chi connectivity index (χ3v) is 18.0. The summed E-state index contributed by atoms with van der Waals surface area (Å²) < 4.78 is 142. The SMILES string of the molecule is CC(C)c1cc(F)cc(-c2ccnc(F)c2)c1CC(C)(C)C.CC(C)c1cc(F)cc(-c2ccnc(OCC(C)(C)n3nc(S(C)(=O)=O)c(F)c3C(=O)O)c2)c1CC(C)(C)C.COc1ccc(CN(Cc2ccc(OC)cc2)S(=O)(=O)c2nn(C(C)(C)CO)c(C(=O)O)c2F)cc1.O=C=O.O=C=O.